The average molecular weight is 284 g/mol. The highest BCUT2D eigenvalue weighted by molar-refractivity contribution is 5.62. The first-order chi connectivity index (χ1) is 10.3. The first-order valence-electron chi connectivity index (χ1n) is 7.67. The maximum absolute atomic E-state index is 5.25. The molecule has 4 rings (SSSR count). The Bertz CT molecular complexity index is 621. The van der Waals surface area contributed by atoms with E-state index in [1.165, 1.54) is 50.0 Å². The topological polar surface area (TPSA) is 54.2 Å². The number of hydrogen-bond acceptors (Lipinski definition) is 5. The molecule has 1 aliphatic carbocycles. The maximum Gasteiger partial charge on any atom is 0.247 e. The lowest BCUT2D eigenvalue weighted by molar-refractivity contribution is 0.326. The van der Waals surface area contributed by atoms with Crippen LogP contribution in [-0.4, -0.2) is 40.3 Å². The molecule has 1 saturated carbocycles. The summed E-state index contributed by atoms with van der Waals surface area (Å²) in [6.07, 6.45) is 5.39. The van der Waals surface area contributed by atoms with Crippen molar-refractivity contribution in [2.45, 2.75) is 38.3 Å². The quantitative estimate of drug-likeness (QED) is 0.935. The van der Waals surface area contributed by atoms with E-state index in [0.29, 0.717) is 11.9 Å². The lowest BCUT2D eigenvalue weighted by Gasteiger charge is -2.18. The Hall–Kier alpha value is -1.88. The van der Waals surface area contributed by atoms with Gasteiger partial charge in [-0.05, 0) is 49.9 Å². The zero-order valence-corrected chi connectivity index (χ0v) is 12.2. The normalized spacial score (nSPS) is 22.6. The lowest BCUT2D eigenvalue weighted by atomic mass is 10.1. The third-order valence-corrected chi connectivity index (χ3v) is 4.48. The lowest BCUT2D eigenvalue weighted by Crippen LogP contribution is -2.27. The molecule has 1 aliphatic heterocycles. The Labute approximate surface area is 124 Å². The van der Waals surface area contributed by atoms with Gasteiger partial charge >= 0.3 is 0 Å². The van der Waals surface area contributed by atoms with Gasteiger partial charge in [-0.2, -0.15) is 0 Å². The summed E-state index contributed by atoms with van der Waals surface area (Å²) in [4.78, 5) is 2.62. The highest BCUT2D eigenvalue weighted by Gasteiger charge is 2.34. The van der Waals surface area contributed by atoms with E-state index in [1.807, 2.05) is 6.07 Å². The van der Waals surface area contributed by atoms with E-state index in [-0.39, 0.29) is 0 Å². The average Bonchev–Trinajstić information content (AvgIpc) is 3.01. The summed E-state index contributed by atoms with van der Waals surface area (Å²) in [6, 6.07) is 7.70. The van der Waals surface area contributed by atoms with Gasteiger partial charge < -0.3 is 9.73 Å². The summed E-state index contributed by atoms with van der Waals surface area (Å²) in [6.45, 7) is 4.53. The molecule has 2 aliphatic rings. The van der Waals surface area contributed by atoms with Crippen LogP contribution in [0.5, 0.6) is 0 Å². The Kier molecular flexibility index (Phi) is 3.15. The van der Waals surface area contributed by atoms with Crippen molar-refractivity contribution < 1.29 is 4.42 Å². The number of likely N-dealkylation sites (tertiary alicyclic amines) is 1. The summed E-state index contributed by atoms with van der Waals surface area (Å²) in [7, 11) is 0. The van der Waals surface area contributed by atoms with E-state index in [9.17, 15) is 0 Å². The molecule has 0 amide bonds. The molecule has 1 aromatic heterocycles. The van der Waals surface area contributed by atoms with Crippen LogP contribution < -0.4 is 5.32 Å². The molecular weight excluding hydrogens is 264 g/mol. The van der Waals surface area contributed by atoms with Gasteiger partial charge in [0.15, 0.2) is 0 Å². The molecule has 0 bridgehead atoms. The van der Waals surface area contributed by atoms with Gasteiger partial charge in [-0.15, -0.1) is 10.2 Å². The molecule has 1 atom stereocenters. The molecule has 2 aromatic rings. The third-order valence-electron chi connectivity index (χ3n) is 4.48. The Balaban J connectivity index is 1.45. The van der Waals surface area contributed by atoms with Crippen molar-refractivity contribution in [3.8, 4) is 11.5 Å². The Morgan fingerprint density at radius 3 is 2.90 bits per heavy atom. The molecule has 2 fully saturated rings. The number of hydrogen-bond donors (Lipinski definition) is 1. The highest BCUT2D eigenvalue weighted by atomic mass is 16.4. The molecule has 110 valence electrons. The van der Waals surface area contributed by atoms with E-state index < -0.39 is 0 Å². The van der Waals surface area contributed by atoms with E-state index in [4.69, 9.17) is 4.42 Å². The molecule has 0 spiro atoms. The van der Waals surface area contributed by atoms with Crippen molar-refractivity contribution in [2.24, 2.45) is 0 Å². The number of aromatic nitrogens is 2. The zero-order valence-electron chi connectivity index (χ0n) is 12.2. The van der Waals surface area contributed by atoms with Crippen LogP contribution in [0.25, 0.3) is 11.5 Å². The molecule has 2 heterocycles. The molecule has 21 heavy (non-hydrogen) atoms. The second-order valence-corrected chi connectivity index (χ2v) is 6.13. The zero-order chi connectivity index (χ0) is 14.2. The molecular formula is C16H20N4O. The summed E-state index contributed by atoms with van der Waals surface area (Å²) >= 11 is 0. The fourth-order valence-electron chi connectivity index (χ4n) is 3.15. The van der Waals surface area contributed by atoms with Crippen LogP contribution >= 0.6 is 0 Å². The van der Waals surface area contributed by atoms with Crippen molar-refractivity contribution in [1.82, 2.24) is 15.1 Å². The van der Waals surface area contributed by atoms with Gasteiger partial charge in [-0.1, -0.05) is 0 Å². The predicted molar refractivity (Wildman–Crippen MR) is 81.1 cm³/mol. The molecule has 0 radical (unpaired) electrons. The Morgan fingerprint density at radius 2 is 2.19 bits per heavy atom. The number of nitrogens with one attached hydrogen (secondary N) is 1. The van der Waals surface area contributed by atoms with Crippen LogP contribution in [0.4, 0.5) is 5.69 Å². The number of benzene rings is 1. The monoisotopic (exact) mass is 284 g/mol. The van der Waals surface area contributed by atoms with E-state index >= 15 is 0 Å². The van der Waals surface area contributed by atoms with Crippen molar-refractivity contribution in [3.63, 3.8) is 0 Å². The first kappa shape index (κ1) is 12.8. The number of aryl methyl sites for hydroxylation is 1. The third kappa shape index (κ3) is 2.65. The predicted octanol–water partition coefficient (Wildman–Crippen LogP) is 2.69. The number of anilines is 1. The SMILES string of the molecule is Cc1cc(-c2nnco2)ccc1NC1CCN(C2CC2)C1. The molecule has 1 saturated heterocycles. The summed E-state index contributed by atoms with van der Waals surface area (Å²) < 4.78 is 5.25. The van der Waals surface area contributed by atoms with Gasteiger partial charge in [0.25, 0.3) is 0 Å². The van der Waals surface area contributed by atoms with Gasteiger partial charge in [-0.25, -0.2) is 0 Å². The largest absolute Gasteiger partial charge is 0.423 e. The van der Waals surface area contributed by atoms with E-state index in [1.54, 1.807) is 0 Å². The van der Waals surface area contributed by atoms with E-state index in [0.717, 1.165) is 11.6 Å². The maximum atomic E-state index is 5.25. The van der Waals surface area contributed by atoms with Gasteiger partial charge in [0, 0.05) is 36.4 Å². The molecule has 5 heteroatoms. The van der Waals surface area contributed by atoms with Gasteiger partial charge in [0.2, 0.25) is 12.3 Å². The van der Waals surface area contributed by atoms with Crippen molar-refractivity contribution in [1.29, 1.82) is 0 Å². The second kappa shape index (κ2) is 5.15. The van der Waals surface area contributed by atoms with E-state index in [2.05, 4.69) is 39.5 Å². The molecule has 1 N–H and O–H groups in total. The van der Waals surface area contributed by atoms with Crippen LogP contribution in [-0.2, 0) is 0 Å². The van der Waals surface area contributed by atoms with Gasteiger partial charge in [-0.3, -0.25) is 4.90 Å². The highest BCUT2D eigenvalue weighted by Crippen LogP contribution is 2.31. The molecule has 5 nitrogen and oxygen atoms in total. The second-order valence-electron chi connectivity index (χ2n) is 6.13. The Morgan fingerprint density at radius 1 is 1.29 bits per heavy atom. The molecule has 1 aromatic carbocycles. The minimum Gasteiger partial charge on any atom is -0.423 e. The number of nitrogens with zero attached hydrogens (tertiary/aromatic N) is 3. The van der Waals surface area contributed by atoms with Crippen molar-refractivity contribution in [3.05, 3.63) is 30.2 Å². The minimum atomic E-state index is 0.568. The molecule has 1 unspecified atom stereocenters. The summed E-state index contributed by atoms with van der Waals surface area (Å²) in [5.41, 5.74) is 3.40. The van der Waals surface area contributed by atoms with Gasteiger partial charge in [0.05, 0.1) is 0 Å². The smallest absolute Gasteiger partial charge is 0.247 e. The van der Waals surface area contributed by atoms with Crippen LogP contribution in [0, 0.1) is 6.92 Å². The van der Waals surface area contributed by atoms with Gasteiger partial charge in [0.1, 0.15) is 0 Å². The van der Waals surface area contributed by atoms with Crippen LogP contribution in [0.2, 0.25) is 0 Å². The summed E-state index contributed by atoms with van der Waals surface area (Å²) in [5, 5.41) is 11.4. The fourth-order valence-corrected chi connectivity index (χ4v) is 3.15. The van der Waals surface area contributed by atoms with Crippen molar-refractivity contribution in [2.75, 3.05) is 18.4 Å². The van der Waals surface area contributed by atoms with Crippen LogP contribution in [0.15, 0.2) is 29.0 Å². The minimum absolute atomic E-state index is 0.568. The fraction of sp³-hybridized carbons (Fsp3) is 0.500. The summed E-state index contributed by atoms with van der Waals surface area (Å²) in [5.74, 6) is 0.574. The first-order valence-corrected chi connectivity index (χ1v) is 7.67. The number of rotatable bonds is 4. The van der Waals surface area contributed by atoms with Crippen LogP contribution in [0.1, 0.15) is 24.8 Å². The standard InChI is InChI=1S/C16H20N4O/c1-11-8-12(16-19-17-10-21-16)2-5-15(11)18-13-6-7-20(9-13)14-3-4-14/h2,5,8,10,13-14,18H,3-4,6-7,9H2,1H3. The van der Waals surface area contributed by atoms with Crippen LogP contribution in [0.3, 0.4) is 0 Å². The van der Waals surface area contributed by atoms with Crippen molar-refractivity contribution >= 4 is 5.69 Å².